The van der Waals surface area contributed by atoms with Gasteiger partial charge in [-0.2, -0.15) is 0 Å². The number of halogens is 1. The summed E-state index contributed by atoms with van der Waals surface area (Å²) in [6.07, 6.45) is 0.911. The van der Waals surface area contributed by atoms with Gasteiger partial charge >= 0.3 is 0 Å². The zero-order valence-corrected chi connectivity index (χ0v) is 11.4. The second-order valence-corrected chi connectivity index (χ2v) is 4.86. The Morgan fingerprint density at radius 1 is 1.29 bits per heavy atom. The first kappa shape index (κ1) is 12.1. The summed E-state index contributed by atoms with van der Waals surface area (Å²) in [4.78, 5) is 4.09. The molecular formula is C15H14BrN. The first-order valence-electron chi connectivity index (χ1n) is 5.54. The fourth-order valence-electron chi connectivity index (χ4n) is 1.96. The molecule has 0 amide bonds. The van der Waals surface area contributed by atoms with Gasteiger partial charge in [-0.1, -0.05) is 41.6 Å². The molecule has 0 saturated heterocycles. The number of hydrogen-bond acceptors (Lipinski definition) is 1. The predicted octanol–water partition coefficient (Wildman–Crippen LogP) is 5.36. The third-order valence-corrected chi connectivity index (χ3v) is 3.41. The highest BCUT2D eigenvalue weighted by Crippen LogP contribution is 2.35. The molecule has 2 aromatic carbocycles. The second kappa shape index (κ2) is 4.84. The lowest BCUT2D eigenvalue weighted by molar-refractivity contribution is 1.25. The van der Waals surface area contributed by atoms with Crippen LogP contribution in [-0.4, -0.2) is 6.72 Å². The smallest absolute Gasteiger partial charge is 0.0703 e. The van der Waals surface area contributed by atoms with Crippen LogP contribution in [0.3, 0.4) is 0 Å². The largest absolute Gasteiger partial charge is 0.264 e. The van der Waals surface area contributed by atoms with E-state index in [-0.39, 0.29) is 0 Å². The van der Waals surface area contributed by atoms with Crippen molar-refractivity contribution < 1.29 is 0 Å². The lowest BCUT2D eigenvalue weighted by Gasteiger charge is -2.11. The van der Waals surface area contributed by atoms with Crippen LogP contribution in [-0.2, 0) is 0 Å². The zero-order valence-electron chi connectivity index (χ0n) is 9.83. The fourth-order valence-corrected chi connectivity index (χ4v) is 2.32. The van der Waals surface area contributed by atoms with Crippen LogP contribution in [0.1, 0.15) is 18.9 Å². The van der Waals surface area contributed by atoms with Gasteiger partial charge in [-0.15, -0.1) is 0 Å². The molecule has 0 N–H and O–H groups in total. The Morgan fingerprint density at radius 3 is 2.65 bits per heavy atom. The van der Waals surface area contributed by atoms with Crippen molar-refractivity contribution in [2.45, 2.75) is 13.3 Å². The summed E-state index contributed by atoms with van der Waals surface area (Å²) in [5.41, 5.74) is 3.11. The van der Waals surface area contributed by atoms with Crippen molar-refractivity contribution in [2.75, 3.05) is 0 Å². The Labute approximate surface area is 110 Å². The number of benzene rings is 2. The standard InChI is InChI=1S/C15H14BrN/c1-4-10(2)15-13-9-12(16)7-5-11(13)6-8-14(15)17-3/h5-9H,2-4H2,1H3. The van der Waals surface area contributed by atoms with Crippen molar-refractivity contribution in [1.29, 1.82) is 0 Å². The highest BCUT2D eigenvalue weighted by atomic mass is 79.9. The third-order valence-electron chi connectivity index (χ3n) is 2.91. The summed E-state index contributed by atoms with van der Waals surface area (Å²) in [5, 5.41) is 2.38. The van der Waals surface area contributed by atoms with E-state index in [0.29, 0.717) is 0 Å². The highest BCUT2D eigenvalue weighted by Gasteiger charge is 2.09. The van der Waals surface area contributed by atoms with E-state index in [0.717, 1.165) is 27.7 Å². The molecule has 2 aromatic rings. The number of allylic oxidation sites excluding steroid dienone is 1. The molecule has 0 heterocycles. The van der Waals surface area contributed by atoms with Crippen molar-refractivity contribution in [3.05, 3.63) is 46.9 Å². The molecule has 0 spiro atoms. The molecule has 1 nitrogen and oxygen atoms in total. The summed E-state index contributed by atoms with van der Waals surface area (Å²) in [5.74, 6) is 0. The minimum atomic E-state index is 0.905. The molecule has 2 rings (SSSR count). The molecule has 0 unspecified atom stereocenters. The number of fused-ring (bicyclic) bond motifs is 1. The lowest BCUT2D eigenvalue weighted by atomic mass is 9.96. The van der Waals surface area contributed by atoms with E-state index in [9.17, 15) is 0 Å². The molecule has 0 aliphatic heterocycles. The number of nitrogens with zero attached hydrogens (tertiary/aromatic N) is 1. The Morgan fingerprint density at radius 2 is 2.00 bits per heavy atom. The van der Waals surface area contributed by atoms with Gasteiger partial charge in [0.1, 0.15) is 0 Å². The molecule has 0 bridgehead atoms. The van der Waals surface area contributed by atoms with Gasteiger partial charge in [-0.25, -0.2) is 0 Å². The minimum Gasteiger partial charge on any atom is -0.264 e. The highest BCUT2D eigenvalue weighted by molar-refractivity contribution is 9.10. The lowest BCUT2D eigenvalue weighted by Crippen LogP contribution is -1.86. The summed E-state index contributed by atoms with van der Waals surface area (Å²) in [6.45, 7) is 9.87. The summed E-state index contributed by atoms with van der Waals surface area (Å²) in [6, 6.07) is 10.3. The Bertz CT molecular complexity index is 599. The van der Waals surface area contributed by atoms with Gasteiger partial charge in [-0.3, -0.25) is 4.99 Å². The zero-order chi connectivity index (χ0) is 12.4. The van der Waals surface area contributed by atoms with Crippen molar-refractivity contribution >= 4 is 44.7 Å². The molecule has 0 aromatic heterocycles. The van der Waals surface area contributed by atoms with Gasteiger partial charge in [0, 0.05) is 10.0 Å². The van der Waals surface area contributed by atoms with E-state index in [1.807, 2.05) is 12.1 Å². The number of hydrogen-bond donors (Lipinski definition) is 0. The SMILES string of the molecule is C=Nc1ccc2ccc(Br)cc2c1C(=C)CC. The van der Waals surface area contributed by atoms with Gasteiger partial charge < -0.3 is 0 Å². The van der Waals surface area contributed by atoms with Crippen LogP contribution < -0.4 is 0 Å². The van der Waals surface area contributed by atoms with Crippen LogP contribution in [0.15, 0.2) is 46.4 Å². The monoisotopic (exact) mass is 287 g/mol. The summed E-state index contributed by atoms with van der Waals surface area (Å²) >= 11 is 3.51. The van der Waals surface area contributed by atoms with E-state index in [1.54, 1.807) is 0 Å². The van der Waals surface area contributed by atoms with Crippen molar-refractivity contribution in [1.82, 2.24) is 0 Å². The fraction of sp³-hybridized carbons (Fsp3) is 0.133. The Balaban J connectivity index is 2.86. The molecule has 86 valence electrons. The van der Waals surface area contributed by atoms with Gasteiger partial charge in [0.25, 0.3) is 0 Å². The average molecular weight is 288 g/mol. The quantitative estimate of drug-likeness (QED) is 0.674. The molecule has 0 radical (unpaired) electrons. The van der Waals surface area contributed by atoms with Gasteiger partial charge in [0.15, 0.2) is 0 Å². The summed E-state index contributed by atoms with van der Waals surface area (Å²) < 4.78 is 1.07. The van der Waals surface area contributed by atoms with Crippen molar-refractivity contribution in [3.63, 3.8) is 0 Å². The van der Waals surface area contributed by atoms with Crippen LogP contribution in [0.25, 0.3) is 16.3 Å². The molecule has 2 heteroatoms. The molecule has 0 aliphatic carbocycles. The first-order valence-corrected chi connectivity index (χ1v) is 6.33. The number of rotatable bonds is 3. The van der Waals surface area contributed by atoms with Crippen LogP contribution >= 0.6 is 15.9 Å². The molecular weight excluding hydrogens is 274 g/mol. The van der Waals surface area contributed by atoms with E-state index in [2.05, 4.69) is 59.3 Å². The topological polar surface area (TPSA) is 12.4 Å². The maximum atomic E-state index is 4.13. The third kappa shape index (κ3) is 2.18. The maximum Gasteiger partial charge on any atom is 0.0703 e. The van der Waals surface area contributed by atoms with Gasteiger partial charge in [-0.05, 0) is 47.7 Å². The van der Waals surface area contributed by atoms with Crippen LogP contribution in [0.2, 0.25) is 0 Å². The predicted molar refractivity (Wildman–Crippen MR) is 80.2 cm³/mol. The van der Waals surface area contributed by atoms with Crippen LogP contribution in [0.5, 0.6) is 0 Å². The van der Waals surface area contributed by atoms with Gasteiger partial charge in [0.2, 0.25) is 0 Å². The molecule has 0 aliphatic rings. The minimum absolute atomic E-state index is 0.905. The molecule has 0 fully saturated rings. The van der Waals surface area contributed by atoms with Crippen molar-refractivity contribution in [3.8, 4) is 0 Å². The van der Waals surface area contributed by atoms with E-state index in [1.165, 1.54) is 10.8 Å². The maximum absolute atomic E-state index is 4.13. The number of aliphatic imine (C=N–C) groups is 1. The normalized spacial score (nSPS) is 10.5. The van der Waals surface area contributed by atoms with Crippen molar-refractivity contribution in [2.24, 2.45) is 4.99 Å². The summed E-state index contributed by atoms with van der Waals surface area (Å²) in [7, 11) is 0. The Hall–Kier alpha value is -1.41. The van der Waals surface area contributed by atoms with Gasteiger partial charge in [0.05, 0.1) is 5.69 Å². The van der Waals surface area contributed by atoms with E-state index in [4.69, 9.17) is 0 Å². The molecule has 17 heavy (non-hydrogen) atoms. The van der Waals surface area contributed by atoms with Crippen LogP contribution in [0, 0.1) is 0 Å². The molecule has 0 saturated carbocycles. The first-order chi connectivity index (χ1) is 8.17. The second-order valence-electron chi connectivity index (χ2n) is 3.94. The van der Waals surface area contributed by atoms with E-state index >= 15 is 0 Å². The van der Waals surface area contributed by atoms with Crippen LogP contribution in [0.4, 0.5) is 5.69 Å². The molecule has 0 atom stereocenters. The Kier molecular flexibility index (Phi) is 3.43. The van der Waals surface area contributed by atoms with E-state index < -0.39 is 0 Å². The average Bonchev–Trinajstić information content (AvgIpc) is 2.36.